The van der Waals surface area contributed by atoms with Gasteiger partial charge in [0.25, 0.3) is 5.91 Å². The van der Waals surface area contributed by atoms with Crippen molar-refractivity contribution in [1.29, 1.82) is 10.5 Å². The van der Waals surface area contributed by atoms with E-state index in [1.54, 1.807) is 53.3 Å². The van der Waals surface area contributed by atoms with E-state index in [-0.39, 0.29) is 49.4 Å². The van der Waals surface area contributed by atoms with Gasteiger partial charge in [-0.2, -0.15) is 10.5 Å². The molecular formula is C42H56N12O7. The number of hydrazine groups is 1. The van der Waals surface area contributed by atoms with Crippen molar-refractivity contribution >= 4 is 40.6 Å². The Morgan fingerprint density at radius 2 is 1.79 bits per heavy atom. The van der Waals surface area contributed by atoms with E-state index in [0.717, 1.165) is 13.1 Å². The molecule has 5 amide bonds. The molecular weight excluding hydrogens is 785 g/mol. The molecule has 3 aliphatic rings. The molecule has 3 aromatic rings. The fraction of sp³-hybridized carbons (Fsp3) is 0.571. The maximum Gasteiger partial charge on any atom is 0.425 e. The maximum absolute atomic E-state index is 13.8. The van der Waals surface area contributed by atoms with Gasteiger partial charge < -0.3 is 44.8 Å². The van der Waals surface area contributed by atoms with E-state index in [2.05, 4.69) is 48.4 Å². The number of piperidine rings is 1. The van der Waals surface area contributed by atoms with Crippen molar-refractivity contribution in [2.75, 3.05) is 46.9 Å². The highest BCUT2D eigenvalue weighted by molar-refractivity contribution is 6.01. The van der Waals surface area contributed by atoms with Crippen LogP contribution in [0.15, 0.2) is 36.8 Å². The summed E-state index contributed by atoms with van der Waals surface area (Å²) in [7, 11) is 5.35. The van der Waals surface area contributed by atoms with Crippen LogP contribution in [0.2, 0.25) is 0 Å². The molecule has 61 heavy (non-hydrogen) atoms. The largest absolute Gasteiger partial charge is 0.496 e. The first-order valence-electron chi connectivity index (χ1n) is 20.9. The number of ether oxygens (including phenoxy) is 2. The number of imidazole rings is 1. The molecule has 0 bridgehead atoms. The van der Waals surface area contributed by atoms with Crippen molar-refractivity contribution < 1.29 is 33.4 Å². The summed E-state index contributed by atoms with van der Waals surface area (Å²) >= 11 is 0. The number of nitrogens with one attached hydrogen (secondary N) is 5. The van der Waals surface area contributed by atoms with Gasteiger partial charge in [0.2, 0.25) is 17.7 Å². The van der Waals surface area contributed by atoms with Crippen LogP contribution in [0.25, 0.3) is 10.9 Å². The zero-order chi connectivity index (χ0) is 43.6. The van der Waals surface area contributed by atoms with E-state index < -0.39 is 53.9 Å². The number of fused-ring (bicyclic) bond motifs is 1. The molecule has 0 spiro atoms. The van der Waals surface area contributed by atoms with E-state index in [4.69, 9.17) is 9.47 Å². The second-order valence-electron chi connectivity index (χ2n) is 16.4. The Labute approximate surface area is 355 Å². The van der Waals surface area contributed by atoms with Gasteiger partial charge >= 0.3 is 6.09 Å². The summed E-state index contributed by atoms with van der Waals surface area (Å²) < 4.78 is 12.9. The average Bonchev–Trinajstić information content (AvgIpc) is 3.98. The summed E-state index contributed by atoms with van der Waals surface area (Å²) in [6.07, 6.45) is 5.81. The van der Waals surface area contributed by atoms with E-state index in [1.165, 1.54) is 12.1 Å². The highest BCUT2D eigenvalue weighted by atomic mass is 16.6. The third-order valence-electron chi connectivity index (χ3n) is 11.6. The van der Waals surface area contributed by atoms with Crippen LogP contribution in [0.4, 0.5) is 4.79 Å². The smallest absolute Gasteiger partial charge is 0.425 e. The van der Waals surface area contributed by atoms with Gasteiger partial charge in [0.1, 0.15) is 41.7 Å². The number of amides is 5. The summed E-state index contributed by atoms with van der Waals surface area (Å²) in [6.45, 7) is 4.67. The first-order valence-corrected chi connectivity index (χ1v) is 20.9. The van der Waals surface area contributed by atoms with Crippen molar-refractivity contribution in [2.24, 2.45) is 18.9 Å². The number of rotatable bonds is 16. The molecule has 6 atom stereocenters. The zero-order valence-electron chi connectivity index (χ0n) is 35.2. The number of methoxy groups -OCH3 is 1. The molecule has 0 aliphatic carbocycles. The molecule has 5 heterocycles. The minimum Gasteiger partial charge on any atom is -0.496 e. The Bertz CT molecular complexity index is 2130. The van der Waals surface area contributed by atoms with Gasteiger partial charge in [-0.25, -0.2) is 20.2 Å². The number of carbonyl (C=O) groups is 5. The molecule has 5 N–H and O–H groups in total. The van der Waals surface area contributed by atoms with Crippen molar-refractivity contribution in [2.45, 2.75) is 88.6 Å². The predicted octanol–water partition coefficient (Wildman–Crippen LogP) is 1.73. The van der Waals surface area contributed by atoms with Crippen molar-refractivity contribution in [3.05, 3.63) is 48.2 Å². The van der Waals surface area contributed by atoms with Crippen LogP contribution < -0.4 is 26.1 Å². The fourth-order valence-corrected chi connectivity index (χ4v) is 8.31. The average molecular weight is 841 g/mol. The fourth-order valence-electron chi connectivity index (χ4n) is 8.31. The zero-order valence-corrected chi connectivity index (χ0v) is 35.2. The number of benzene rings is 1. The van der Waals surface area contributed by atoms with Gasteiger partial charge in [-0.15, -0.1) is 0 Å². The SMILES string of the molecule is COc1cccc2[nH]c(C(=O)NC(CC(C)CN3CC[C@@H](C[C@@H](C#N)NC(=O)[C@@H]4CCCNN4C(=O)OC4CCN(C)CC4)C3=O)C(=O)NC(C#N)Cc3cn(C)cn3)cc12. The summed E-state index contributed by atoms with van der Waals surface area (Å²) in [4.78, 5) is 79.1. The monoisotopic (exact) mass is 840 g/mol. The Morgan fingerprint density at radius 3 is 2.49 bits per heavy atom. The van der Waals surface area contributed by atoms with Gasteiger partial charge in [0.05, 0.1) is 31.3 Å². The Morgan fingerprint density at radius 1 is 1.02 bits per heavy atom. The van der Waals surface area contributed by atoms with Gasteiger partial charge in [0.15, 0.2) is 0 Å². The summed E-state index contributed by atoms with van der Waals surface area (Å²) in [6, 6.07) is 7.43. The van der Waals surface area contributed by atoms with Crippen molar-refractivity contribution in [3.8, 4) is 17.9 Å². The van der Waals surface area contributed by atoms with Crippen molar-refractivity contribution in [3.63, 3.8) is 0 Å². The molecule has 19 nitrogen and oxygen atoms in total. The number of aromatic nitrogens is 3. The summed E-state index contributed by atoms with van der Waals surface area (Å²) in [5.74, 6) is -2.01. The molecule has 326 valence electrons. The van der Waals surface area contributed by atoms with Crippen LogP contribution >= 0.6 is 0 Å². The summed E-state index contributed by atoms with van der Waals surface area (Å²) in [5.41, 5.74) is 4.49. The van der Waals surface area contributed by atoms with E-state index in [9.17, 15) is 34.5 Å². The Hall–Kier alpha value is -6.18. The number of aromatic amines is 1. The lowest BCUT2D eigenvalue weighted by Crippen LogP contribution is -2.60. The minimum absolute atomic E-state index is 0.0916. The molecule has 2 aromatic heterocycles. The van der Waals surface area contributed by atoms with Crippen LogP contribution in [-0.2, 0) is 32.6 Å². The van der Waals surface area contributed by atoms with Crippen LogP contribution in [0, 0.1) is 34.5 Å². The second kappa shape index (κ2) is 20.4. The van der Waals surface area contributed by atoms with Gasteiger partial charge in [-0.3, -0.25) is 19.2 Å². The Balaban J connectivity index is 1.06. The number of likely N-dealkylation sites (tertiary alicyclic amines) is 2. The van der Waals surface area contributed by atoms with Crippen LogP contribution in [0.1, 0.15) is 68.1 Å². The molecule has 0 radical (unpaired) electrons. The normalized spacial score (nSPS) is 20.5. The number of carbonyl (C=O) groups excluding carboxylic acids is 5. The predicted molar refractivity (Wildman–Crippen MR) is 221 cm³/mol. The molecule has 1 aromatic carbocycles. The number of hydrogen-bond donors (Lipinski definition) is 5. The molecule has 19 heteroatoms. The molecule has 6 rings (SSSR count). The maximum atomic E-state index is 13.8. The lowest BCUT2D eigenvalue weighted by atomic mass is 9.98. The third-order valence-corrected chi connectivity index (χ3v) is 11.6. The van der Waals surface area contributed by atoms with Gasteiger partial charge in [-0.05, 0) is 76.1 Å². The number of nitriles is 2. The first-order chi connectivity index (χ1) is 29.3. The second-order valence-corrected chi connectivity index (χ2v) is 16.4. The lowest BCUT2D eigenvalue weighted by molar-refractivity contribution is -0.133. The molecule has 0 saturated carbocycles. The van der Waals surface area contributed by atoms with Crippen LogP contribution in [0.3, 0.4) is 0 Å². The molecule has 3 fully saturated rings. The standard InChI is InChI=1S/C42H56N12O7/c1-26(17-34(38(55)47-29(22-44)19-30-24-52(3)25-45-30)50-39(56)35-20-32-33(49-35)7-5-9-37(32)60-4)23-53-16-10-27(41(53)58)18-28(21-43)48-40(57)36-8-6-13-46-54(36)42(59)61-31-11-14-51(2)15-12-31/h5,7,9,20,24-29,31,34,36,46,49H,6,8,10-19,23H2,1-4H3,(H,47,55)(H,48,57)(H,50,56)/t26?,27-,28-,29?,34?,36-/m0/s1. The number of hydrogen-bond acceptors (Lipinski definition) is 12. The quantitative estimate of drug-likeness (QED) is 0.139. The van der Waals surface area contributed by atoms with E-state index in [0.29, 0.717) is 67.5 Å². The topological polar surface area (TPSA) is 243 Å². The van der Waals surface area contributed by atoms with E-state index in [1.807, 2.05) is 14.0 Å². The Kier molecular flexibility index (Phi) is 14.8. The number of H-pyrrole nitrogens is 1. The molecule has 3 aliphatic heterocycles. The molecule has 3 unspecified atom stereocenters. The highest BCUT2D eigenvalue weighted by Gasteiger charge is 2.39. The molecule has 3 saturated heterocycles. The minimum atomic E-state index is -1.07. The lowest BCUT2D eigenvalue weighted by Gasteiger charge is -2.36. The summed E-state index contributed by atoms with van der Waals surface area (Å²) in [5, 5.41) is 30.3. The van der Waals surface area contributed by atoms with E-state index >= 15 is 0 Å². The van der Waals surface area contributed by atoms with Crippen molar-refractivity contribution in [1.82, 2.24) is 50.7 Å². The van der Waals surface area contributed by atoms with Gasteiger partial charge in [-0.1, -0.05) is 13.0 Å². The third kappa shape index (κ3) is 11.4. The number of aryl methyl sites for hydroxylation is 1. The van der Waals surface area contributed by atoms with Crippen LogP contribution in [0.5, 0.6) is 5.75 Å². The van der Waals surface area contributed by atoms with Gasteiger partial charge in [0, 0.05) is 69.2 Å². The number of nitrogens with zero attached hydrogens (tertiary/aromatic N) is 7. The first kappa shape index (κ1) is 44.4. The van der Waals surface area contributed by atoms with Crippen LogP contribution in [-0.4, -0.2) is 136 Å². The highest BCUT2D eigenvalue weighted by Crippen LogP contribution is 2.27.